The molecule has 1 aliphatic rings. The Labute approximate surface area is 167 Å². The van der Waals surface area contributed by atoms with Crippen molar-refractivity contribution < 1.29 is 19.1 Å². The molecule has 1 fully saturated rings. The molecule has 0 bridgehead atoms. The van der Waals surface area contributed by atoms with Gasteiger partial charge in [-0.1, -0.05) is 48.0 Å². The van der Waals surface area contributed by atoms with Crippen molar-refractivity contribution >= 4 is 34.9 Å². The van der Waals surface area contributed by atoms with Crippen LogP contribution < -0.4 is 10.1 Å². The Bertz CT molecular complexity index is 894. The molecule has 7 heteroatoms. The van der Waals surface area contributed by atoms with Gasteiger partial charge in [0.1, 0.15) is 5.75 Å². The molecule has 2 aromatic rings. The van der Waals surface area contributed by atoms with E-state index in [0.717, 1.165) is 27.8 Å². The molecule has 0 spiro atoms. The molecule has 0 saturated carbocycles. The van der Waals surface area contributed by atoms with E-state index in [4.69, 9.17) is 4.74 Å². The number of aryl methyl sites for hydroxylation is 1. The molecule has 1 heterocycles. The number of hydrogen-bond donors (Lipinski definition) is 1. The summed E-state index contributed by atoms with van der Waals surface area (Å²) in [7, 11) is 0. The first-order chi connectivity index (χ1) is 13.5. The Morgan fingerprint density at radius 1 is 1.11 bits per heavy atom. The third-order valence-corrected chi connectivity index (χ3v) is 4.93. The Morgan fingerprint density at radius 3 is 2.54 bits per heavy atom. The van der Waals surface area contributed by atoms with Gasteiger partial charge in [0.2, 0.25) is 0 Å². The molecule has 28 heavy (non-hydrogen) atoms. The summed E-state index contributed by atoms with van der Waals surface area (Å²) in [4.78, 5) is 37.9. The number of rotatable bonds is 7. The first kappa shape index (κ1) is 19.7. The molecule has 2 aromatic carbocycles. The highest BCUT2D eigenvalue weighted by atomic mass is 32.2. The predicted molar refractivity (Wildman–Crippen MR) is 109 cm³/mol. The fourth-order valence-corrected chi connectivity index (χ4v) is 3.40. The molecule has 0 aromatic heterocycles. The van der Waals surface area contributed by atoms with Crippen LogP contribution >= 0.6 is 11.8 Å². The number of hydrogen-bond acceptors (Lipinski definition) is 5. The summed E-state index contributed by atoms with van der Waals surface area (Å²) in [5.74, 6) is -0.0471. The number of benzene rings is 2. The van der Waals surface area contributed by atoms with Gasteiger partial charge < -0.3 is 10.1 Å². The monoisotopic (exact) mass is 396 g/mol. The van der Waals surface area contributed by atoms with Gasteiger partial charge in [-0.05, 0) is 42.5 Å². The second-order valence-electron chi connectivity index (χ2n) is 6.20. The van der Waals surface area contributed by atoms with Crippen LogP contribution in [-0.4, -0.2) is 41.6 Å². The highest BCUT2D eigenvalue weighted by Gasteiger charge is 2.34. The summed E-state index contributed by atoms with van der Waals surface area (Å²) in [6, 6.07) is 16.7. The third kappa shape index (κ3) is 5.23. The zero-order valence-corrected chi connectivity index (χ0v) is 16.2. The molecule has 144 valence electrons. The third-order valence-electron chi connectivity index (χ3n) is 4.02. The highest BCUT2D eigenvalue weighted by molar-refractivity contribution is 8.18. The first-order valence-corrected chi connectivity index (χ1v) is 9.61. The number of carbonyl (C=O) groups excluding carboxylic acids is 3. The van der Waals surface area contributed by atoms with Crippen LogP contribution in [0.15, 0.2) is 59.5 Å². The van der Waals surface area contributed by atoms with Crippen LogP contribution in [0.1, 0.15) is 11.1 Å². The van der Waals surface area contributed by atoms with Gasteiger partial charge in [-0.15, -0.1) is 0 Å². The van der Waals surface area contributed by atoms with Crippen molar-refractivity contribution in [2.24, 2.45) is 0 Å². The van der Waals surface area contributed by atoms with Gasteiger partial charge >= 0.3 is 0 Å². The molecular formula is C21H20N2O4S. The molecule has 1 aliphatic heterocycles. The first-order valence-electron chi connectivity index (χ1n) is 8.79. The molecule has 0 radical (unpaired) electrons. The molecule has 0 atom stereocenters. The number of thioether (sulfide) groups is 1. The van der Waals surface area contributed by atoms with E-state index in [0.29, 0.717) is 10.7 Å². The van der Waals surface area contributed by atoms with Gasteiger partial charge in [0.25, 0.3) is 17.1 Å². The Hall–Kier alpha value is -3.06. The lowest BCUT2D eigenvalue weighted by molar-refractivity contribution is -0.125. The minimum absolute atomic E-state index is 0.118. The maximum absolute atomic E-state index is 12.4. The Morgan fingerprint density at radius 2 is 1.82 bits per heavy atom. The summed E-state index contributed by atoms with van der Waals surface area (Å²) in [5.41, 5.74) is 1.96. The van der Waals surface area contributed by atoms with E-state index in [-0.39, 0.29) is 36.7 Å². The van der Waals surface area contributed by atoms with E-state index in [9.17, 15) is 14.4 Å². The molecule has 3 amide bonds. The van der Waals surface area contributed by atoms with Crippen molar-refractivity contribution in [3.63, 3.8) is 0 Å². The minimum atomic E-state index is -0.344. The van der Waals surface area contributed by atoms with Crippen molar-refractivity contribution in [1.29, 1.82) is 0 Å². The number of imide groups is 1. The van der Waals surface area contributed by atoms with Crippen molar-refractivity contribution in [1.82, 2.24) is 10.2 Å². The SMILES string of the molecule is Cc1ccc(OCC(=O)NCCN2C(=O)S/C(=C\c3ccccc3)C2=O)cc1. The van der Waals surface area contributed by atoms with Crippen LogP contribution in [0, 0.1) is 6.92 Å². The maximum Gasteiger partial charge on any atom is 0.293 e. The number of carbonyl (C=O) groups is 3. The summed E-state index contributed by atoms with van der Waals surface area (Å²) < 4.78 is 5.40. The average molecular weight is 396 g/mol. The molecule has 1 N–H and O–H groups in total. The topological polar surface area (TPSA) is 75.7 Å². The lowest BCUT2D eigenvalue weighted by Gasteiger charge is -2.13. The normalized spacial score (nSPS) is 15.2. The van der Waals surface area contributed by atoms with Gasteiger partial charge in [0.05, 0.1) is 4.91 Å². The Kier molecular flexibility index (Phi) is 6.49. The summed E-state index contributed by atoms with van der Waals surface area (Å²) in [6.45, 7) is 2.13. The number of ether oxygens (including phenoxy) is 1. The van der Waals surface area contributed by atoms with E-state index in [1.54, 1.807) is 18.2 Å². The van der Waals surface area contributed by atoms with Crippen molar-refractivity contribution in [3.05, 3.63) is 70.6 Å². The average Bonchev–Trinajstić information content (AvgIpc) is 2.95. The lowest BCUT2D eigenvalue weighted by atomic mass is 10.2. The van der Waals surface area contributed by atoms with Crippen molar-refractivity contribution in [2.75, 3.05) is 19.7 Å². The van der Waals surface area contributed by atoms with E-state index in [1.165, 1.54) is 0 Å². The summed E-state index contributed by atoms with van der Waals surface area (Å²) in [6.07, 6.45) is 1.69. The van der Waals surface area contributed by atoms with Gasteiger partial charge in [-0.2, -0.15) is 0 Å². The second-order valence-corrected chi connectivity index (χ2v) is 7.19. The molecular weight excluding hydrogens is 376 g/mol. The van der Waals surface area contributed by atoms with Crippen LogP contribution in [0.4, 0.5) is 4.79 Å². The van der Waals surface area contributed by atoms with Crippen LogP contribution in [0.2, 0.25) is 0 Å². The van der Waals surface area contributed by atoms with Gasteiger partial charge in [0.15, 0.2) is 6.61 Å². The molecule has 6 nitrogen and oxygen atoms in total. The van der Waals surface area contributed by atoms with Crippen molar-refractivity contribution in [2.45, 2.75) is 6.92 Å². The maximum atomic E-state index is 12.4. The van der Waals surface area contributed by atoms with Gasteiger partial charge in [-0.3, -0.25) is 19.3 Å². The summed E-state index contributed by atoms with van der Waals surface area (Å²) in [5, 5.41) is 2.32. The fourth-order valence-electron chi connectivity index (χ4n) is 2.53. The van der Waals surface area contributed by atoms with E-state index in [2.05, 4.69) is 5.32 Å². The van der Waals surface area contributed by atoms with E-state index in [1.807, 2.05) is 49.4 Å². The standard InChI is InChI=1S/C21H20N2O4S/c1-15-7-9-17(10-8-15)27-14-19(24)22-11-12-23-20(25)18(28-21(23)26)13-16-5-3-2-4-6-16/h2-10,13H,11-12,14H2,1H3,(H,22,24)/b18-13-. The quantitative estimate of drug-likeness (QED) is 0.728. The molecule has 3 rings (SSSR count). The van der Waals surface area contributed by atoms with Crippen LogP contribution in [0.3, 0.4) is 0 Å². The predicted octanol–water partition coefficient (Wildman–Crippen LogP) is 3.23. The summed E-state index contributed by atoms with van der Waals surface area (Å²) >= 11 is 0.905. The van der Waals surface area contributed by atoms with Crippen molar-refractivity contribution in [3.8, 4) is 5.75 Å². The number of nitrogens with zero attached hydrogens (tertiary/aromatic N) is 1. The van der Waals surface area contributed by atoms with E-state index < -0.39 is 0 Å². The minimum Gasteiger partial charge on any atom is -0.484 e. The molecule has 0 aliphatic carbocycles. The second kappa shape index (κ2) is 9.23. The fraction of sp³-hybridized carbons (Fsp3) is 0.190. The number of nitrogens with one attached hydrogen (secondary N) is 1. The Balaban J connectivity index is 1.46. The van der Waals surface area contributed by atoms with E-state index >= 15 is 0 Å². The van der Waals surface area contributed by atoms with Crippen LogP contribution in [0.5, 0.6) is 5.75 Å². The number of amides is 3. The van der Waals surface area contributed by atoms with Gasteiger partial charge in [-0.25, -0.2) is 0 Å². The zero-order chi connectivity index (χ0) is 19.9. The highest BCUT2D eigenvalue weighted by Crippen LogP contribution is 2.31. The van der Waals surface area contributed by atoms with Gasteiger partial charge in [0, 0.05) is 13.1 Å². The van der Waals surface area contributed by atoms with Crippen LogP contribution in [0.25, 0.3) is 6.08 Å². The molecule has 1 saturated heterocycles. The smallest absolute Gasteiger partial charge is 0.293 e. The van der Waals surface area contributed by atoms with Crippen LogP contribution in [-0.2, 0) is 9.59 Å². The zero-order valence-electron chi connectivity index (χ0n) is 15.4. The molecule has 0 unspecified atom stereocenters. The lowest BCUT2D eigenvalue weighted by Crippen LogP contribution is -2.38. The largest absolute Gasteiger partial charge is 0.484 e.